The van der Waals surface area contributed by atoms with Gasteiger partial charge in [0.15, 0.2) is 5.41 Å². The van der Waals surface area contributed by atoms with Gasteiger partial charge >= 0.3 is 36.9 Å². The van der Waals surface area contributed by atoms with Crippen LogP contribution in [-0.4, -0.2) is 63.9 Å². The first-order valence-electron chi connectivity index (χ1n) is 11.8. The molecule has 2 bridgehead atoms. The summed E-state index contributed by atoms with van der Waals surface area (Å²) in [6.45, 7) is 2.06. The van der Waals surface area contributed by atoms with Crippen LogP contribution >= 0.6 is 0 Å². The van der Waals surface area contributed by atoms with Crippen molar-refractivity contribution in [3.63, 3.8) is 0 Å². The summed E-state index contributed by atoms with van der Waals surface area (Å²) in [5.74, 6) is -10.7. The second-order valence-electron chi connectivity index (χ2n) is 11.1. The maximum absolute atomic E-state index is 13.5. The molecule has 242 valence electrons. The van der Waals surface area contributed by atoms with E-state index in [9.17, 15) is 80.9 Å². The molecule has 6 atom stereocenters. The SMILES string of the molecule is CCC(C)(C(=O)OC1(C)CC2CC1C(CC(O)(C(F)(F)F)C(F)(F)F)C2CC(O)(C(F)(F)F)C(F)(F)F)C(F)(F)F. The fourth-order valence-electron chi connectivity index (χ4n) is 5.91. The van der Waals surface area contributed by atoms with Gasteiger partial charge in [0.1, 0.15) is 5.60 Å². The lowest BCUT2D eigenvalue weighted by Gasteiger charge is -2.47. The van der Waals surface area contributed by atoms with E-state index in [0.717, 1.165) is 13.8 Å². The Kier molecular flexibility index (Phi) is 8.61. The Balaban J connectivity index is 2.65. The van der Waals surface area contributed by atoms with Crippen LogP contribution in [0.1, 0.15) is 52.9 Å². The normalized spacial score (nSPS) is 30.0. The monoisotopic (exact) mass is 638 g/mol. The highest BCUT2D eigenvalue weighted by Gasteiger charge is 2.76. The van der Waals surface area contributed by atoms with Crippen molar-refractivity contribution in [1.82, 2.24) is 0 Å². The lowest BCUT2D eigenvalue weighted by molar-refractivity contribution is -0.381. The van der Waals surface area contributed by atoms with E-state index >= 15 is 0 Å². The molecule has 0 aliphatic heterocycles. The van der Waals surface area contributed by atoms with Crippen LogP contribution in [0.2, 0.25) is 0 Å². The predicted molar refractivity (Wildman–Crippen MR) is 105 cm³/mol. The molecule has 0 heterocycles. The van der Waals surface area contributed by atoms with E-state index in [-0.39, 0.29) is 0 Å². The second kappa shape index (κ2) is 9.94. The molecule has 6 unspecified atom stereocenters. The van der Waals surface area contributed by atoms with Crippen molar-refractivity contribution in [3.8, 4) is 0 Å². The lowest BCUT2D eigenvalue weighted by Crippen LogP contribution is -2.61. The summed E-state index contributed by atoms with van der Waals surface area (Å²) in [6.07, 6.45) is -39.0. The maximum atomic E-state index is 13.5. The summed E-state index contributed by atoms with van der Waals surface area (Å²) in [5, 5.41) is 19.4. The number of fused-ring (bicyclic) bond motifs is 2. The van der Waals surface area contributed by atoms with Crippen LogP contribution in [0.4, 0.5) is 65.9 Å². The van der Waals surface area contributed by atoms with Crippen molar-refractivity contribution >= 4 is 5.97 Å². The number of carbonyl (C=O) groups is 1. The van der Waals surface area contributed by atoms with Crippen LogP contribution in [0.3, 0.4) is 0 Å². The molecule has 2 fully saturated rings. The van der Waals surface area contributed by atoms with Crippen LogP contribution in [-0.2, 0) is 9.53 Å². The number of hydrogen-bond donors (Lipinski definition) is 2. The molecule has 2 saturated carbocycles. The summed E-state index contributed by atoms with van der Waals surface area (Å²) in [4.78, 5) is 12.6. The summed E-state index contributed by atoms with van der Waals surface area (Å²) in [6, 6.07) is 0. The molecule has 41 heavy (non-hydrogen) atoms. The van der Waals surface area contributed by atoms with Crippen molar-refractivity contribution in [2.75, 3.05) is 0 Å². The van der Waals surface area contributed by atoms with Gasteiger partial charge in [-0.3, -0.25) is 4.79 Å². The minimum absolute atomic E-state index is 0.380. The quantitative estimate of drug-likeness (QED) is 0.232. The van der Waals surface area contributed by atoms with Crippen molar-refractivity contribution in [3.05, 3.63) is 0 Å². The Morgan fingerprint density at radius 3 is 1.41 bits per heavy atom. The van der Waals surface area contributed by atoms with Crippen molar-refractivity contribution < 1.29 is 85.6 Å². The van der Waals surface area contributed by atoms with E-state index in [1.807, 2.05) is 0 Å². The Morgan fingerprint density at radius 2 is 1.10 bits per heavy atom. The van der Waals surface area contributed by atoms with Crippen LogP contribution in [0.5, 0.6) is 0 Å². The summed E-state index contributed by atoms with van der Waals surface area (Å²) >= 11 is 0. The molecule has 4 nitrogen and oxygen atoms in total. The van der Waals surface area contributed by atoms with Gasteiger partial charge in [0.2, 0.25) is 0 Å². The third kappa shape index (κ3) is 5.69. The molecule has 0 aromatic heterocycles. The third-order valence-electron chi connectivity index (χ3n) is 8.73. The van der Waals surface area contributed by atoms with E-state index < -0.39 is 115 Å². The fourth-order valence-corrected chi connectivity index (χ4v) is 5.91. The number of ether oxygens (including phenoxy) is 1. The maximum Gasteiger partial charge on any atom is 0.426 e. The number of rotatable bonds is 7. The Hall–Kier alpha value is -1.66. The molecule has 0 aromatic rings. The lowest BCUT2D eigenvalue weighted by atomic mass is 9.65. The standard InChI is InChI=1S/C22H25F15O4/c1-4-14(2,18(23,24)25)13(38)41-15(3)6-9-5-12(15)11(8-17(40,21(32,33)34)22(35,36)37)10(9)7-16(39,19(26,27)28)20(29,30)31/h9-12,39-40H,4-8H2,1-3H3. The van der Waals surface area contributed by atoms with Gasteiger partial charge in [-0.05, 0) is 63.7 Å². The highest BCUT2D eigenvalue weighted by molar-refractivity contribution is 5.78. The zero-order valence-electron chi connectivity index (χ0n) is 21.2. The van der Waals surface area contributed by atoms with Gasteiger partial charge in [0.25, 0.3) is 11.2 Å². The van der Waals surface area contributed by atoms with Gasteiger partial charge in [-0.2, -0.15) is 65.9 Å². The van der Waals surface area contributed by atoms with Crippen molar-refractivity contribution in [1.29, 1.82) is 0 Å². The zero-order chi connectivity index (χ0) is 32.6. The van der Waals surface area contributed by atoms with Gasteiger partial charge in [-0.15, -0.1) is 0 Å². The minimum atomic E-state index is -6.56. The predicted octanol–water partition coefficient (Wildman–Crippen LogP) is 7.03. The van der Waals surface area contributed by atoms with Crippen molar-refractivity contribution in [2.24, 2.45) is 29.1 Å². The van der Waals surface area contributed by atoms with E-state index in [1.165, 1.54) is 0 Å². The number of esters is 1. The first-order valence-corrected chi connectivity index (χ1v) is 11.8. The molecule has 0 radical (unpaired) electrons. The van der Waals surface area contributed by atoms with Crippen LogP contribution < -0.4 is 0 Å². The highest BCUT2D eigenvalue weighted by atomic mass is 19.4. The van der Waals surface area contributed by atoms with E-state index in [4.69, 9.17) is 4.74 Å². The molecule has 2 rings (SSSR count). The van der Waals surface area contributed by atoms with Gasteiger partial charge in [0, 0.05) is 5.92 Å². The highest BCUT2D eigenvalue weighted by Crippen LogP contribution is 2.65. The molecule has 2 aliphatic carbocycles. The van der Waals surface area contributed by atoms with E-state index in [1.54, 1.807) is 0 Å². The Bertz CT molecular complexity index is 952. The van der Waals surface area contributed by atoms with Crippen molar-refractivity contribution in [2.45, 2.75) is 101 Å². The summed E-state index contributed by atoms with van der Waals surface area (Å²) < 4.78 is 207. The number of alkyl halides is 15. The molecule has 0 spiro atoms. The average molecular weight is 638 g/mol. The third-order valence-corrected chi connectivity index (χ3v) is 8.73. The van der Waals surface area contributed by atoms with E-state index in [0.29, 0.717) is 6.92 Å². The number of hydrogen-bond acceptors (Lipinski definition) is 4. The fraction of sp³-hybridized carbons (Fsp3) is 0.955. The van der Waals surface area contributed by atoms with Gasteiger partial charge in [-0.25, -0.2) is 0 Å². The van der Waals surface area contributed by atoms with Crippen LogP contribution in [0.25, 0.3) is 0 Å². The number of halogens is 15. The molecule has 2 aliphatic rings. The summed E-state index contributed by atoms with van der Waals surface area (Å²) in [5.41, 5.74) is -16.9. The van der Waals surface area contributed by atoms with Gasteiger partial charge in [-0.1, -0.05) is 6.92 Å². The molecule has 2 N–H and O–H groups in total. The largest absolute Gasteiger partial charge is 0.458 e. The van der Waals surface area contributed by atoms with Crippen LogP contribution in [0, 0.1) is 29.1 Å². The Morgan fingerprint density at radius 1 is 0.732 bits per heavy atom. The smallest absolute Gasteiger partial charge is 0.426 e. The van der Waals surface area contributed by atoms with Gasteiger partial charge in [0.05, 0.1) is 0 Å². The first kappa shape index (κ1) is 35.5. The van der Waals surface area contributed by atoms with Crippen LogP contribution in [0.15, 0.2) is 0 Å². The Labute approximate surface area is 222 Å². The number of carbonyl (C=O) groups excluding carboxylic acids is 1. The van der Waals surface area contributed by atoms with E-state index in [2.05, 4.69) is 0 Å². The second-order valence-corrected chi connectivity index (χ2v) is 11.1. The topological polar surface area (TPSA) is 66.8 Å². The molecular weight excluding hydrogens is 613 g/mol. The van der Waals surface area contributed by atoms with Gasteiger partial charge < -0.3 is 14.9 Å². The molecule has 0 amide bonds. The molecule has 19 heteroatoms. The zero-order valence-corrected chi connectivity index (χ0v) is 21.2. The average Bonchev–Trinajstić information content (AvgIpc) is 3.23. The molecular formula is C22H25F15O4. The summed E-state index contributed by atoms with van der Waals surface area (Å²) in [7, 11) is 0. The first-order chi connectivity index (χ1) is 17.8. The molecule has 0 saturated heterocycles. The number of aliphatic hydroxyl groups is 2. The molecule has 0 aromatic carbocycles. The minimum Gasteiger partial charge on any atom is -0.458 e.